The molecule has 0 spiro atoms. The van der Waals surface area contributed by atoms with Crippen LogP contribution < -0.4 is 5.32 Å². The summed E-state index contributed by atoms with van der Waals surface area (Å²) in [6, 6.07) is 9.58. The summed E-state index contributed by atoms with van der Waals surface area (Å²) in [4.78, 5) is 27.0. The zero-order valence-corrected chi connectivity index (χ0v) is 19.0. The fourth-order valence-corrected chi connectivity index (χ4v) is 5.16. The molecule has 9 heteroatoms. The number of ether oxygens (including phenoxy) is 1. The van der Waals surface area contributed by atoms with Crippen LogP contribution in [0.2, 0.25) is 0 Å². The molecule has 0 atom stereocenters. The lowest BCUT2D eigenvalue weighted by atomic mass is 10.1. The number of amides is 1. The van der Waals surface area contributed by atoms with Gasteiger partial charge in [-0.1, -0.05) is 12.1 Å². The maximum Gasteiger partial charge on any atom is 0.338 e. The van der Waals surface area contributed by atoms with Crippen molar-refractivity contribution in [2.24, 2.45) is 0 Å². The maximum atomic E-state index is 13.2. The van der Waals surface area contributed by atoms with Gasteiger partial charge < -0.3 is 15.0 Å². The highest BCUT2D eigenvalue weighted by Gasteiger charge is 2.29. The molecule has 1 N–H and O–H groups in total. The first-order chi connectivity index (χ1) is 14.6. The van der Waals surface area contributed by atoms with Crippen LogP contribution in [-0.2, 0) is 14.8 Å². The van der Waals surface area contributed by atoms with Crippen molar-refractivity contribution >= 4 is 27.6 Å². The smallest absolute Gasteiger partial charge is 0.338 e. The second kappa shape index (κ2) is 9.17. The first kappa shape index (κ1) is 22.9. The minimum absolute atomic E-state index is 0.129. The Kier molecular flexibility index (Phi) is 6.78. The van der Waals surface area contributed by atoms with Crippen LogP contribution in [-0.4, -0.2) is 69.8 Å². The molecule has 1 amide bonds. The number of hydrogen-bond acceptors (Lipinski definition) is 6. The first-order valence-electron chi connectivity index (χ1n) is 9.93. The van der Waals surface area contributed by atoms with Crippen molar-refractivity contribution in [3.05, 3.63) is 58.7 Å². The minimum Gasteiger partial charge on any atom is -0.465 e. The molecule has 3 rings (SSSR count). The molecule has 0 saturated carbocycles. The molecule has 0 aromatic heterocycles. The van der Waals surface area contributed by atoms with E-state index in [0.717, 1.165) is 0 Å². The molecule has 166 valence electrons. The lowest BCUT2D eigenvalue weighted by Crippen LogP contribution is -2.47. The van der Waals surface area contributed by atoms with Crippen molar-refractivity contribution in [1.29, 1.82) is 0 Å². The highest BCUT2D eigenvalue weighted by molar-refractivity contribution is 7.89. The van der Waals surface area contributed by atoms with E-state index >= 15 is 0 Å². The van der Waals surface area contributed by atoms with E-state index in [0.29, 0.717) is 48.6 Å². The van der Waals surface area contributed by atoms with E-state index in [1.54, 1.807) is 44.2 Å². The van der Waals surface area contributed by atoms with Gasteiger partial charge >= 0.3 is 5.97 Å². The Bertz CT molecular complexity index is 1110. The van der Waals surface area contributed by atoms with E-state index in [-0.39, 0.29) is 10.5 Å². The van der Waals surface area contributed by atoms with E-state index in [1.807, 2.05) is 7.05 Å². The molecule has 8 nitrogen and oxygen atoms in total. The lowest BCUT2D eigenvalue weighted by Gasteiger charge is -2.32. The fraction of sp³-hybridized carbons (Fsp3) is 0.364. The topological polar surface area (TPSA) is 96.0 Å². The van der Waals surface area contributed by atoms with Gasteiger partial charge in [0.05, 0.1) is 17.6 Å². The molecule has 1 heterocycles. The number of aryl methyl sites for hydroxylation is 1. The average Bonchev–Trinajstić information content (AvgIpc) is 2.75. The summed E-state index contributed by atoms with van der Waals surface area (Å²) in [6.07, 6.45) is 0. The maximum absolute atomic E-state index is 13.2. The van der Waals surface area contributed by atoms with E-state index < -0.39 is 21.9 Å². The molecule has 1 aliphatic heterocycles. The monoisotopic (exact) mass is 445 g/mol. The van der Waals surface area contributed by atoms with Gasteiger partial charge in [-0.05, 0) is 56.3 Å². The van der Waals surface area contributed by atoms with Crippen LogP contribution in [0.25, 0.3) is 0 Å². The van der Waals surface area contributed by atoms with Gasteiger partial charge in [-0.2, -0.15) is 4.31 Å². The summed E-state index contributed by atoms with van der Waals surface area (Å²) < 4.78 is 32.6. The Balaban J connectivity index is 1.88. The molecule has 1 aliphatic rings. The number of piperazine rings is 1. The molecule has 0 bridgehead atoms. The molecule has 2 aromatic rings. The van der Waals surface area contributed by atoms with Crippen molar-refractivity contribution in [3.63, 3.8) is 0 Å². The van der Waals surface area contributed by atoms with Crippen LogP contribution in [0.3, 0.4) is 0 Å². The van der Waals surface area contributed by atoms with Crippen LogP contribution in [0.1, 0.15) is 31.8 Å². The number of rotatable bonds is 5. The molecule has 1 fully saturated rings. The molecule has 0 unspecified atom stereocenters. The number of nitrogens with one attached hydrogen (secondary N) is 1. The average molecular weight is 446 g/mol. The predicted octanol–water partition coefficient (Wildman–Crippen LogP) is 2.28. The van der Waals surface area contributed by atoms with Crippen molar-refractivity contribution in [3.8, 4) is 0 Å². The Morgan fingerprint density at radius 2 is 1.71 bits per heavy atom. The lowest BCUT2D eigenvalue weighted by molar-refractivity contribution is 0.0599. The van der Waals surface area contributed by atoms with E-state index in [2.05, 4.69) is 10.2 Å². The molecule has 1 saturated heterocycles. The molecule has 31 heavy (non-hydrogen) atoms. The summed E-state index contributed by atoms with van der Waals surface area (Å²) >= 11 is 0. The van der Waals surface area contributed by atoms with Gasteiger partial charge in [0.25, 0.3) is 5.91 Å². The molecular weight excluding hydrogens is 418 g/mol. The molecule has 0 radical (unpaired) electrons. The quantitative estimate of drug-likeness (QED) is 0.710. The van der Waals surface area contributed by atoms with Crippen LogP contribution >= 0.6 is 0 Å². The van der Waals surface area contributed by atoms with Gasteiger partial charge in [-0.25, -0.2) is 13.2 Å². The number of carbonyl (C=O) groups is 2. The molecule has 0 aliphatic carbocycles. The number of hydrogen-bond donors (Lipinski definition) is 1. The van der Waals surface area contributed by atoms with Gasteiger partial charge in [0.15, 0.2) is 0 Å². The number of esters is 1. The molecule has 2 aromatic carbocycles. The highest BCUT2D eigenvalue weighted by atomic mass is 32.2. The van der Waals surface area contributed by atoms with Crippen LogP contribution in [0.5, 0.6) is 0 Å². The minimum atomic E-state index is -3.71. The third-order valence-corrected chi connectivity index (χ3v) is 7.56. The zero-order chi connectivity index (χ0) is 22.8. The van der Waals surface area contributed by atoms with Gasteiger partial charge in [0.2, 0.25) is 10.0 Å². The van der Waals surface area contributed by atoms with Gasteiger partial charge in [-0.3, -0.25) is 4.79 Å². The van der Waals surface area contributed by atoms with Crippen LogP contribution in [0, 0.1) is 13.8 Å². The van der Waals surface area contributed by atoms with E-state index in [1.165, 1.54) is 17.5 Å². The second-order valence-corrected chi connectivity index (χ2v) is 9.52. The number of carbonyl (C=O) groups excluding carboxylic acids is 2. The fourth-order valence-electron chi connectivity index (χ4n) is 3.48. The third kappa shape index (κ3) is 4.79. The number of anilines is 1. The Morgan fingerprint density at radius 1 is 1.03 bits per heavy atom. The third-order valence-electron chi connectivity index (χ3n) is 5.52. The van der Waals surface area contributed by atoms with Gasteiger partial charge in [-0.15, -0.1) is 0 Å². The normalized spacial score (nSPS) is 15.5. The Hall–Kier alpha value is -2.75. The van der Waals surface area contributed by atoms with Crippen LogP contribution in [0.15, 0.2) is 41.3 Å². The second-order valence-electron chi connectivity index (χ2n) is 7.61. The van der Waals surface area contributed by atoms with E-state index in [4.69, 9.17) is 4.74 Å². The Labute approximate surface area is 182 Å². The summed E-state index contributed by atoms with van der Waals surface area (Å²) in [6.45, 7) is 5.57. The number of likely N-dealkylation sites (N-methyl/N-ethyl adjacent to an activating group) is 1. The van der Waals surface area contributed by atoms with E-state index in [9.17, 15) is 18.0 Å². The number of nitrogens with zero attached hydrogens (tertiary/aromatic N) is 2. The number of methoxy groups -OCH3 is 1. The molecular formula is C22H27N3O5S. The number of benzene rings is 2. The van der Waals surface area contributed by atoms with Crippen molar-refractivity contribution < 1.29 is 22.7 Å². The zero-order valence-electron chi connectivity index (χ0n) is 18.1. The van der Waals surface area contributed by atoms with Crippen molar-refractivity contribution in [1.82, 2.24) is 9.21 Å². The number of sulfonamides is 1. The summed E-state index contributed by atoms with van der Waals surface area (Å²) in [5, 5.41) is 2.77. The highest BCUT2D eigenvalue weighted by Crippen LogP contribution is 2.24. The summed E-state index contributed by atoms with van der Waals surface area (Å²) in [7, 11) is -0.460. The largest absolute Gasteiger partial charge is 0.465 e. The Morgan fingerprint density at radius 3 is 2.35 bits per heavy atom. The van der Waals surface area contributed by atoms with Crippen LogP contribution in [0.4, 0.5) is 5.69 Å². The summed E-state index contributed by atoms with van der Waals surface area (Å²) in [5.74, 6) is -0.954. The predicted molar refractivity (Wildman–Crippen MR) is 118 cm³/mol. The first-order valence-corrected chi connectivity index (χ1v) is 11.4. The summed E-state index contributed by atoms with van der Waals surface area (Å²) in [5.41, 5.74) is 2.18. The SMILES string of the molecule is COC(=O)c1cccc(NC(=O)c2ccc(C)c(S(=O)(=O)N3CCN(C)CC3)c2)c1C. The van der Waals surface area contributed by atoms with Gasteiger partial charge in [0.1, 0.15) is 0 Å². The standard InChI is InChI=1S/C22H27N3O5S/c1-15-8-9-17(14-20(15)31(28,29)25-12-10-24(3)11-13-25)21(26)23-19-7-5-6-18(16(19)2)22(27)30-4/h5-9,14H,10-13H2,1-4H3,(H,23,26). The van der Waals surface area contributed by atoms with Gasteiger partial charge in [0, 0.05) is 37.4 Å². The van der Waals surface area contributed by atoms with Crippen molar-refractivity contribution in [2.45, 2.75) is 18.7 Å². The van der Waals surface area contributed by atoms with Crippen molar-refractivity contribution in [2.75, 3.05) is 45.7 Å².